The average Bonchev–Trinajstić information content (AvgIpc) is 3.16. The van der Waals surface area contributed by atoms with Crippen LogP contribution >= 0.6 is 15.9 Å². The highest BCUT2D eigenvalue weighted by molar-refractivity contribution is 9.10. The number of hydrogen-bond donors (Lipinski definition) is 0. The van der Waals surface area contributed by atoms with E-state index in [1.165, 1.54) is 7.11 Å². The van der Waals surface area contributed by atoms with Crippen molar-refractivity contribution in [3.63, 3.8) is 0 Å². The number of fused-ring (bicyclic) bond motifs is 1. The van der Waals surface area contributed by atoms with Crippen LogP contribution in [-0.2, 0) is 16.1 Å². The van der Waals surface area contributed by atoms with Gasteiger partial charge in [0, 0.05) is 16.6 Å². The van der Waals surface area contributed by atoms with Gasteiger partial charge in [0.15, 0.2) is 0 Å². The fourth-order valence-electron chi connectivity index (χ4n) is 2.64. The van der Waals surface area contributed by atoms with Crippen molar-refractivity contribution >= 4 is 27.8 Å². The van der Waals surface area contributed by atoms with Gasteiger partial charge in [-0.05, 0) is 42.5 Å². The van der Waals surface area contributed by atoms with E-state index in [2.05, 4.69) is 15.9 Å². The van der Waals surface area contributed by atoms with Crippen LogP contribution < -0.4 is 0 Å². The molecule has 5 heteroatoms. The quantitative estimate of drug-likeness (QED) is 0.802. The fraction of sp³-hybridized carbons (Fsp3) is 0.429. The lowest BCUT2D eigenvalue weighted by Crippen LogP contribution is -2.43. The summed E-state index contributed by atoms with van der Waals surface area (Å²) < 4.78 is 5.80. The number of ether oxygens (including phenoxy) is 1. The molecule has 1 aliphatic carbocycles. The van der Waals surface area contributed by atoms with Crippen LogP contribution in [0.4, 0.5) is 0 Å². The second-order valence-corrected chi connectivity index (χ2v) is 5.96. The van der Waals surface area contributed by atoms with Crippen molar-refractivity contribution in [2.45, 2.75) is 25.4 Å². The lowest BCUT2D eigenvalue weighted by molar-refractivity contribution is -0.146. The predicted octanol–water partition coefficient (Wildman–Crippen LogP) is 2.36. The molecule has 4 nitrogen and oxygen atoms in total. The van der Waals surface area contributed by atoms with Crippen molar-refractivity contribution in [1.29, 1.82) is 0 Å². The molecular formula is C14H14BrNO3. The molecule has 0 aromatic heterocycles. The Kier molecular flexibility index (Phi) is 3.09. The molecule has 1 saturated carbocycles. The first-order valence-corrected chi connectivity index (χ1v) is 7.08. The van der Waals surface area contributed by atoms with Gasteiger partial charge in [-0.25, -0.2) is 4.79 Å². The molecule has 1 aromatic rings. The van der Waals surface area contributed by atoms with E-state index in [4.69, 9.17) is 4.74 Å². The van der Waals surface area contributed by atoms with Gasteiger partial charge in [-0.3, -0.25) is 4.79 Å². The van der Waals surface area contributed by atoms with E-state index in [0.717, 1.165) is 22.9 Å². The smallest absolute Gasteiger partial charge is 0.328 e. The number of benzene rings is 1. The standard InChI is InChI=1S/C14H14BrNO3/c1-19-14(18)12(8-2-3-8)16-7-9-6-10(15)4-5-11(9)13(16)17/h4-6,8,12H,2-3,7H2,1H3. The predicted molar refractivity (Wildman–Crippen MR) is 72.5 cm³/mol. The first kappa shape index (κ1) is 12.7. The van der Waals surface area contributed by atoms with Gasteiger partial charge in [0.25, 0.3) is 5.91 Å². The van der Waals surface area contributed by atoms with E-state index in [-0.39, 0.29) is 17.8 Å². The maximum atomic E-state index is 12.4. The third kappa shape index (κ3) is 2.16. The molecular weight excluding hydrogens is 310 g/mol. The van der Waals surface area contributed by atoms with Crippen molar-refractivity contribution in [2.75, 3.05) is 7.11 Å². The maximum Gasteiger partial charge on any atom is 0.328 e. The summed E-state index contributed by atoms with van der Waals surface area (Å²) >= 11 is 3.40. The third-order valence-corrected chi connectivity index (χ3v) is 4.24. The summed E-state index contributed by atoms with van der Waals surface area (Å²) in [6.07, 6.45) is 1.98. The molecule has 1 atom stereocenters. The van der Waals surface area contributed by atoms with Gasteiger partial charge in [0.2, 0.25) is 0 Å². The molecule has 1 amide bonds. The van der Waals surface area contributed by atoms with Gasteiger partial charge in [-0.1, -0.05) is 15.9 Å². The van der Waals surface area contributed by atoms with Crippen molar-refractivity contribution in [2.24, 2.45) is 5.92 Å². The molecule has 1 aliphatic heterocycles. The van der Waals surface area contributed by atoms with Crippen molar-refractivity contribution in [3.8, 4) is 0 Å². The number of carbonyl (C=O) groups is 2. The Morgan fingerprint density at radius 1 is 1.47 bits per heavy atom. The number of methoxy groups -OCH3 is 1. The van der Waals surface area contributed by atoms with Gasteiger partial charge in [0.1, 0.15) is 6.04 Å². The van der Waals surface area contributed by atoms with Crippen LogP contribution in [0.15, 0.2) is 22.7 Å². The van der Waals surface area contributed by atoms with Gasteiger partial charge in [-0.2, -0.15) is 0 Å². The van der Waals surface area contributed by atoms with Crippen LogP contribution in [0.3, 0.4) is 0 Å². The summed E-state index contributed by atoms with van der Waals surface area (Å²) in [5, 5.41) is 0. The summed E-state index contributed by atoms with van der Waals surface area (Å²) in [7, 11) is 1.38. The molecule has 0 N–H and O–H groups in total. The van der Waals surface area contributed by atoms with E-state index >= 15 is 0 Å². The number of amides is 1. The minimum Gasteiger partial charge on any atom is -0.467 e. The van der Waals surface area contributed by atoms with Crippen LogP contribution in [0.5, 0.6) is 0 Å². The fourth-order valence-corrected chi connectivity index (χ4v) is 3.05. The number of carbonyl (C=O) groups excluding carboxylic acids is 2. The largest absolute Gasteiger partial charge is 0.467 e. The Bertz CT molecular complexity index is 554. The van der Waals surface area contributed by atoms with Crippen LogP contribution in [0.25, 0.3) is 0 Å². The molecule has 3 rings (SSSR count). The Labute approximate surface area is 119 Å². The monoisotopic (exact) mass is 323 g/mol. The Balaban J connectivity index is 1.91. The van der Waals surface area contributed by atoms with Gasteiger partial charge in [-0.15, -0.1) is 0 Å². The Hall–Kier alpha value is -1.36. The van der Waals surface area contributed by atoms with E-state index in [9.17, 15) is 9.59 Å². The van der Waals surface area contributed by atoms with Crippen LogP contribution in [0.2, 0.25) is 0 Å². The van der Waals surface area contributed by atoms with Crippen molar-refractivity contribution in [3.05, 3.63) is 33.8 Å². The number of halogens is 1. The van der Waals surface area contributed by atoms with E-state index in [1.54, 1.807) is 4.90 Å². The molecule has 0 bridgehead atoms. The zero-order valence-electron chi connectivity index (χ0n) is 10.6. The molecule has 100 valence electrons. The summed E-state index contributed by atoms with van der Waals surface area (Å²) in [5.74, 6) is -0.110. The highest BCUT2D eigenvalue weighted by Gasteiger charge is 2.45. The highest BCUT2D eigenvalue weighted by Crippen LogP contribution is 2.39. The Morgan fingerprint density at radius 3 is 2.84 bits per heavy atom. The van der Waals surface area contributed by atoms with Crippen LogP contribution in [0.1, 0.15) is 28.8 Å². The molecule has 0 saturated heterocycles. The zero-order valence-corrected chi connectivity index (χ0v) is 12.1. The van der Waals surface area contributed by atoms with Crippen LogP contribution in [0, 0.1) is 5.92 Å². The summed E-state index contributed by atoms with van der Waals surface area (Å²) in [6, 6.07) is 5.17. The molecule has 0 radical (unpaired) electrons. The van der Waals surface area contributed by atoms with Crippen molar-refractivity contribution in [1.82, 2.24) is 4.90 Å². The zero-order chi connectivity index (χ0) is 13.6. The second kappa shape index (κ2) is 4.63. The van der Waals surface area contributed by atoms with E-state index < -0.39 is 6.04 Å². The van der Waals surface area contributed by atoms with Gasteiger partial charge < -0.3 is 9.64 Å². The minimum atomic E-state index is -0.427. The average molecular weight is 324 g/mol. The minimum absolute atomic E-state index is 0.0650. The van der Waals surface area contributed by atoms with E-state index in [1.807, 2.05) is 18.2 Å². The lowest BCUT2D eigenvalue weighted by atomic mass is 10.1. The van der Waals surface area contributed by atoms with Gasteiger partial charge >= 0.3 is 5.97 Å². The lowest BCUT2D eigenvalue weighted by Gasteiger charge is -2.25. The Morgan fingerprint density at radius 2 is 2.21 bits per heavy atom. The number of hydrogen-bond acceptors (Lipinski definition) is 3. The molecule has 1 heterocycles. The summed E-state index contributed by atoms with van der Waals surface area (Å²) in [4.78, 5) is 26.0. The first-order valence-electron chi connectivity index (χ1n) is 6.29. The molecule has 0 spiro atoms. The molecule has 1 aromatic carbocycles. The highest BCUT2D eigenvalue weighted by atomic mass is 79.9. The summed E-state index contributed by atoms with van der Waals surface area (Å²) in [5.41, 5.74) is 1.66. The van der Waals surface area contributed by atoms with Gasteiger partial charge in [0.05, 0.1) is 7.11 Å². The number of nitrogens with zero attached hydrogens (tertiary/aromatic N) is 1. The molecule has 2 aliphatic rings. The number of esters is 1. The maximum absolute atomic E-state index is 12.4. The topological polar surface area (TPSA) is 46.6 Å². The third-order valence-electron chi connectivity index (χ3n) is 3.75. The molecule has 1 fully saturated rings. The first-order chi connectivity index (χ1) is 9.11. The van der Waals surface area contributed by atoms with E-state index in [0.29, 0.717) is 12.1 Å². The normalized spacial score (nSPS) is 19.3. The number of rotatable bonds is 3. The summed E-state index contributed by atoms with van der Waals surface area (Å²) in [6.45, 7) is 0.490. The molecule has 19 heavy (non-hydrogen) atoms. The van der Waals surface area contributed by atoms with Crippen molar-refractivity contribution < 1.29 is 14.3 Å². The van der Waals surface area contributed by atoms with Crippen LogP contribution in [-0.4, -0.2) is 29.9 Å². The second-order valence-electron chi connectivity index (χ2n) is 5.04. The SMILES string of the molecule is COC(=O)C(C1CC1)N1Cc2cc(Br)ccc2C1=O. The molecule has 1 unspecified atom stereocenters.